The third-order valence-corrected chi connectivity index (χ3v) is 12.2. The molecular formula is C48H31NOS. The van der Waals surface area contributed by atoms with Gasteiger partial charge < -0.3 is 9.64 Å². The Morgan fingerprint density at radius 2 is 1.22 bits per heavy atom. The summed E-state index contributed by atoms with van der Waals surface area (Å²) in [4.78, 5) is 2.49. The highest BCUT2D eigenvalue weighted by Crippen LogP contribution is 2.65. The second kappa shape index (κ2) is 10.7. The minimum Gasteiger partial charge on any atom is -0.456 e. The molecule has 1 aromatic heterocycles. The van der Waals surface area contributed by atoms with Crippen molar-refractivity contribution in [2.75, 3.05) is 4.90 Å². The number of anilines is 3. The zero-order valence-electron chi connectivity index (χ0n) is 27.9. The molecule has 1 aliphatic carbocycles. The van der Waals surface area contributed by atoms with Crippen LogP contribution in [0.4, 0.5) is 17.1 Å². The lowest BCUT2D eigenvalue weighted by atomic mass is 9.65. The Kier molecular flexibility index (Phi) is 5.99. The summed E-state index contributed by atoms with van der Waals surface area (Å²) in [6, 6.07) is 62.2. The zero-order chi connectivity index (χ0) is 33.7. The van der Waals surface area contributed by atoms with Gasteiger partial charge in [0.25, 0.3) is 0 Å². The first-order chi connectivity index (χ1) is 25.2. The van der Waals surface area contributed by atoms with E-state index in [4.69, 9.17) is 4.74 Å². The average Bonchev–Trinajstić information content (AvgIpc) is 3.70. The highest BCUT2D eigenvalue weighted by Gasteiger charge is 2.52. The fourth-order valence-corrected chi connectivity index (χ4v) is 10.0. The molecule has 0 N–H and O–H groups in total. The molecule has 1 aliphatic heterocycles. The number of ether oxygens (including phenoxy) is 1. The molecule has 1 atom stereocenters. The molecule has 0 bridgehead atoms. The van der Waals surface area contributed by atoms with Crippen molar-refractivity contribution in [1.82, 2.24) is 0 Å². The quantitative estimate of drug-likeness (QED) is 0.186. The van der Waals surface area contributed by atoms with E-state index in [1.54, 1.807) is 0 Å². The van der Waals surface area contributed by atoms with Crippen LogP contribution in [0.1, 0.15) is 27.8 Å². The molecule has 2 heterocycles. The van der Waals surface area contributed by atoms with Crippen LogP contribution in [-0.4, -0.2) is 0 Å². The van der Waals surface area contributed by atoms with Crippen LogP contribution >= 0.6 is 11.3 Å². The van der Waals surface area contributed by atoms with E-state index >= 15 is 0 Å². The molecule has 1 unspecified atom stereocenters. The summed E-state index contributed by atoms with van der Waals surface area (Å²) in [5.41, 5.74) is 11.5. The molecule has 2 aliphatic rings. The van der Waals surface area contributed by atoms with Crippen molar-refractivity contribution < 1.29 is 4.74 Å². The monoisotopic (exact) mass is 669 g/mol. The summed E-state index contributed by atoms with van der Waals surface area (Å²) < 4.78 is 9.51. The van der Waals surface area contributed by atoms with Gasteiger partial charge >= 0.3 is 0 Å². The molecular weight excluding hydrogens is 639 g/mol. The summed E-state index contributed by atoms with van der Waals surface area (Å²) in [5, 5.41) is 4.89. The van der Waals surface area contributed by atoms with Crippen LogP contribution in [0.25, 0.3) is 42.1 Å². The van der Waals surface area contributed by atoms with Crippen LogP contribution in [-0.2, 0) is 5.41 Å². The molecule has 3 heteroatoms. The maximum atomic E-state index is 6.90. The van der Waals surface area contributed by atoms with E-state index in [1.807, 2.05) is 11.3 Å². The largest absolute Gasteiger partial charge is 0.456 e. The Hall–Kier alpha value is -6.16. The lowest BCUT2D eigenvalue weighted by Crippen LogP contribution is -2.32. The Morgan fingerprint density at radius 1 is 0.510 bits per heavy atom. The Morgan fingerprint density at radius 3 is 2.14 bits per heavy atom. The van der Waals surface area contributed by atoms with Crippen molar-refractivity contribution >= 4 is 59.3 Å². The summed E-state index contributed by atoms with van der Waals surface area (Å²) in [5.74, 6) is 1.84. The molecule has 240 valence electrons. The van der Waals surface area contributed by atoms with Gasteiger partial charge in [-0.15, -0.1) is 11.3 Å². The third-order valence-electron chi connectivity index (χ3n) is 11.0. The number of benzene rings is 8. The summed E-state index contributed by atoms with van der Waals surface area (Å²) in [7, 11) is 0. The molecule has 8 aromatic carbocycles. The van der Waals surface area contributed by atoms with Gasteiger partial charge in [-0.25, -0.2) is 0 Å². The smallest absolute Gasteiger partial charge is 0.140 e. The molecule has 0 amide bonds. The molecule has 1 spiro atoms. The van der Waals surface area contributed by atoms with Crippen LogP contribution in [0.3, 0.4) is 0 Å². The topological polar surface area (TPSA) is 12.5 Å². The Balaban J connectivity index is 1.25. The van der Waals surface area contributed by atoms with Crippen molar-refractivity contribution in [1.29, 1.82) is 0 Å². The number of hydrogen-bond donors (Lipinski definition) is 0. The molecule has 0 radical (unpaired) electrons. The van der Waals surface area contributed by atoms with Gasteiger partial charge in [0.15, 0.2) is 0 Å². The summed E-state index contributed by atoms with van der Waals surface area (Å²) >= 11 is 1.86. The number of thiophene rings is 1. The minimum atomic E-state index is -0.568. The van der Waals surface area contributed by atoms with Crippen molar-refractivity contribution in [3.05, 3.63) is 198 Å². The number of para-hydroxylation sites is 2. The number of fused-ring (bicyclic) bond motifs is 14. The van der Waals surface area contributed by atoms with Crippen molar-refractivity contribution in [3.63, 3.8) is 0 Å². The molecule has 9 aromatic rings. The van der Waals surface area contributed by atoms with Gasteiger partial charge in [-0.05, 0) is 77.0 Å². The van der Waals surface area contributed by atoms with E-state index in [-0.39, 0.29) is 0 Å². The number of aryl methyl sites for hydroxylation is 1. The van der Waals surface area contributed by atoms with E-state index in [0.717, 1.165) is 28.3 Å². The molecule has 2 nitrogen and oxygen atoms in total. The van der Waals surface area contributed by atoms with Gasteiger partial charge in [-0.2, -0.15) is 0 Å². The van der Waals surface area contributed by atoms with Crippen LogP contribution in [0, 0.1) is 6.92 Å². The van der Waals surface area contributed by atoms with Crippen molar-refractivity contribution in [3.8, 4) is 22.6 Å². The molecule has 0 fully saturated rings. The Bertz CT molecular complexity index is 2880. The lowest BCUT2D eigenvalue weighted by Gasteiger charge is -2.40. The van der Waals surface area contributed by atoms with Gasteiger partial charge in [-0.3, -0.25) is 0 Å². The van der Waals surface area contributed by atoms with Crippen molar-refractivity contribution in [2.24, 2.45) is 0 Å². The van der Waals surface area contributed by atoms with Gasteiger partial charge in [0.2, 0.25) is 0 Å². The number of nitrogens with zero attached hydrogens (tertiary/aromatic N) is 1. The van der Waals surface area contributed by atoms with Gasteiger partial charge in [-0.1, -0.05) is 127 Å². The second-order valence-electron chi connectivity index (χ2n) is 13.7. The fourth-order valence-electron chi connectivity index (χ4n) is 8.92. The van der Waals surface area contributed by atoms with Crippen LogP contribution in [0.15, 0.2) is 170 Å². The van der Waals surface area contributed by atoms with Crippen LogP contribution in [0.5, 0.6) is 11.5 Å². The number of hydrogen-bond acceptors (Lipinski definition) is 3. The Labute approximate surface area is 300 Å². The average molecular weight is 670 g/mol. The standard InChI is InChI=1S/C48H31NOS/c1-30-13-2-9-21-41(30)49(32-26-28-45-36(29-32)34-16-6-11-24-44(34)51-45)42-22-12-20-39-46(42)35-17-5-7-18-37(35)48(39)38-19-8-10-23-43(38)50-47-33-15-4-3-14-31(33)25-27-40(47)48/h2-29H,1H3. The van der Waals surface area contributed by atoms with Crippen LogP contribution in [0.2, 0.25) is 0 Å². The van der Waals surface area contributed by atoms with E-state index in [2.05, 4.69) is 182 Å². The molecule has 51 heavy (non-hydrogen) atoms. The first-order valence-electron chi connectivity index (χ1n) is 17.5. The SMILES string of the molecule is Cc1ccccc1N(c1ccc2sc3ccccc3c2c1)c1cccc2c1-c1ccccc1C21c2ccccc2Oc2c1ccc1ccccc21. The minimum absolute atomic E-state index is 0.568. The van der Waals surface area contributed by atoms with E-state index < -0.39 is 5.41 Å². The normalized spacial score (nSPS) is 15.4. The van der Waals surface area contributed by atoms with Gasteiger partial charge in [0, 0.05) is 53.6 Å². The van der Waals surface area contributed by atoms with E-state index in [1.165, 1.54) is 70.2 Å². The van der Waals surface area contributed by atoms with Gasteiger partial charge in [0.05, 0.1) is 11.1 Å². The zero-order valence-corrected chi connectivity index (χ0v) is 28.7. The predicted octanol–water partition coefficient (Wildman–Crippen LogP) is 13.5. The lowest BCUT2D eigenvalue weighted by molar-refractivity contribution is 0.441. The third kappa shape index (κ3) is 3.87. The predicted molar refractivity (Wildman–Crippen MR) is 214 cm³/mol. The fraction of sp³-hybridized carbons (Fsp3) is 0.0417. The maximum absolute atomic E-state index is 6.90. The molecule has 11 rings (SSSR count). The highest BCUT2D eigenvalue weighted by atomic mass is 32.1. The van der Waals surface area contributed by atoms with Gasteiger partial charge in [0.1, 0.15) is 11.5 Å². The van der Waals surface area contributed by atoms with E-state index in [0.29, 0.717) is 0 Å². The summed E-state index contributed by atoms with van der Waals surface area (Å²) in [6.07, 6.45) is 0. The number of rotatable bonds is 3. The first-order valence-corrected chi connectivity index (χ1v) is 18.3. The van der Waals surface area contributed by atoms with Crippen LogP contribution < -0.4 is 9.64 Å². The summed E-state index contributed by atoms with van der Waals surface area (Å²) in [6.45, 7) is 2.22. The van der Waals surface area contributed by atoms with E-state index in [9.17, 15) is 0 Å². The highest BCUT2D eigenvalue weighted by molar-refractivity contribution is 7.25. The molecule has 0 saturated carbocycles. The first kappa shape index (κ1) is 28.7. The van der Waals surface area contributed by atoms with Crippen molar-refractivity contribution in [2.45, 2.75) is 12.3 Å². The molecule has 0 saturated heterocycles. The second-order valence-corrected chi connectivity index (χ2v) is 14.7. The maximum Gasteiger partial charge on any atom is 0.140 e.